The van der Waals surface area contributed by atoms with Crippen LogP contribution in [0.3, 0.4) is 0 Å². The van der Waals surface area contributed by atoms with Gasteiger partial charge in [-0.25, -0.2) is 0 Å². The van der Waals surface area contributed by atoms with Gasteiger partial charge in [-0.2, -0.15) is 0 Å². The maximum absolute atomic E-state index is 11.1. The Morgan fingerprint density at radius 2 is 0.678 bits per heavy atom. The van der Waals surface area contributed by atoms with Crippen molar-refractivity contribution in [1.29, 1.82) is 0 Å². The first-order valence-corrected chi connectivity index (χ1v) is 24.6. The highest BCUT2D eigenvalue weighted by Crippen LogP contribution is 2.18. The topological polar surface area (TPSA) is 152 Å². The van der Waals surface area contributed by atoms with Gasteiger partial charge in [-0.3, -0.25) is 14.4 Å². The molecule has 59 heavy (non-hydrogen) atoms. The van der Waals surface area contributed by atoms with Gasteiger partial charge in [-0.1, -0.05) is 173 Å². The van der Waals surface area contributed by atoms with E-state index in [1.807, 2.05) is 0 Å². The van der Waals surface area contributed by atoms with E-state index in [0.29, 0.717) is 19.3 Å². The largest absolute Gasteiger partial charge is 0.481 e. The molecule has 0 saturated carbocycles. The lowest BCUT2D eigenvalue weighted by Crippen LogP contribution is -2.23. The van der Waals surface area contributed by atoms with Crippen LogP contribution >= 0.6 is 0 Å². The van der Waals surface area contributed by atoms with Gasteiger partial charge < -0.3 is 25.5 Å². The summed E-state index contributed by atoms with van der Waals surface area (Å²) in [5.41, 5.74) is 0. The van der Waals surface area contributed by atoms with E-state index in [9.17, 15) is 19.5 Å². The Labute approximate surface area is 363 Å². The number of unbranched alkanes of at least 4 members (excludes halogenated alkanes) is 26. The van der Waals surface area contributed by atoms with Gasteiger partial charge in [0, 0.05) is 12.8 Å². The molecule has 0 aromatic carbocycles. The molecule has 0 heterocycles. The Hall–Kier alpha value is -2.45. The fourth-order valence-electron chi connectivity index (χ4n) is 6.66. The third-order valence-electron chi connectivity index (χ3n) is 10.5. The molecule has 0 saturated heterocycles. The average molecular weight is 837 g/mol. The van der Waals surface area contributed by atoms with Gasteiger partial charge in [-0.05, 0) is 103 Å². The van der Waals surface area contributed by atoms with Crippen LogP contribution in [-0.2, 0) is 14.4 Å². The number of aliphatic hydroxyl groups excluding tert-OH is 2. The normalized spacial score (nSPS) is 12.4. The number of rotatable bonds is 42. The summed E-state index contributed by atoms with van der Waals surface area (Å²) in [7, 11) is 0. The predicted molar refractivity (Wildman–Crippen MR) is 250 cm³/mol. The Bertz CT molecular complexity index is 913. The van der Waals surface area contributed by atoms with Crippen LogP contribution in [0.15, 0.2) is 36.5 Å². The lowest BCUT2D eigenvalue weighted by molar-refractivity contribution is -0.143. The summed E-state index contributed by atoms with van der Waals surface area (Å²) in [5.74, 6) is -2.74. The first-order valence-electron chi connectivity index (χ1n) is 24.6. The Morgan fingerprint density at radius 3 is 0.949 bits per heavy atom. The lowest BCUT2D eigenvalue weighted by atomic mass is 9.95. The van der Waals surface area contributed by atoms with E-state index in [1.54, 1.807) is 0 Å². The molecular weight excluding hydrogens is 741 g/mol. The monoisotopic (exact) mass is 837 g/mol. The maximum atomic E-state index is 11.1. The van der Waals surface area contributed by atoms with Crippen LogP contribution in [0.4, 0.5) is 0 Å². The second-order valence-corrected chi connectivity index (χ2v) is 16.5. The Morgan fingerprint density at radius 1 is 0.407 bits per heavy atom. The van der Waals surface area contributed by atoms with Crippen molar-refractivity contribution in [2.24, 2.45) is 5.92 Å². The van der Waals surface area contributed by atoms with Crippen LogP contribution in [0.25, 0.3) is 0 Å². The number of hydrogen-bond acceptors (Lipinski definition) is 5. The number of aliphatic carboxylic acids is 3. The molecule has 0 aliphatic heterocycles. The minimum Gasteiger partial charge on any atom is -0.481 e. The van der Waals surface area contributed by atoms with E-state index in [1.165, 1.54) is 148 Å². The molecule has 0 spiro atoms. The Kier molecular flexibility index (Phi) is 55.3. The standard InChI is InChI=1S/C19H36O4.2C16H30O2/c1-2-3-4-5-6-7-8-9-10-11-12-13-14-17(19(22)23)15-18(21)16-20;2*1-2-3-4-5-6-7-8-9-10-11-12-13-14-15-16(17)18/h7-8,17-18,20-21H,2-6,9-16H2,1H3,(H,22,23);2*7-8H,2-6,9-15H2,1H3,(H,17,18). The van der Waals surface area contributed by atoms with Crippen LogP contribution in [0, 0.1) is 5.92 Å². The van der Waals surface area contributed by atoms with E-state index in [-0.39, 0.29) is 13.0 Å². The molecule has 348 valence electrons. The fourth-order valence-corrected chi connectivity index (χ4v) is 6.66. The van der Waals surface area contributed by atoms with Crippen molar-refractivity contribution in [2.75, 3.05) is 6.61 Å². The molecule has 0 aliphatic rings. The predicted octanol–water partition coefficient (Wildman–Crippen LogP) is 15.0. The van der Waals surface area contributed by atoms with E-state index in [4.69, 9.17) is 20.4 Å². The van der Waals surface area contributed by atoms with Crippen molar-refractivity contribution >= 4 is 17.9 Å². The first kappa shape index (κ1) is 60.9. The molecule has 0 bridgehead atoms. The van der Waals surface area contributed by atoms with Gasteiger partial charge in [0.05, 0.1) is 18.6 Å². The highest BCUT2D eigenvalue weighted by molar-refractivity contribution is 5.70. The number of carboxylic acids is 3. The lowest BCUT2D eigenvalue weighted by Gasteiger charge is -2.14. The molecule has 0 amide bonds. The number of allylic oxidation sites excluding steroid dienone is 6. The molecule has 0 aromatic rings. The summed E-state index contributed by atoms with van der Waals surface area (Å²) in [4.78, 5) is 31.7. The molecule has 8 nitrogen and oxygen atoms in total. The molecule has 8 heteroatoms. The number of carbonyl (C=O) groups is 3. The highest BCUT2D eigenvalue weighted by atomic mass is 16.4. The summed E-state index contributed by atoms with van der Waals surface area (Å²) < 4.78 is 0. The zero-order valence-electron chi connectivity index (χ0n) is 38.7. The van der Waals surface area contributed by atoms with Gasteiger partial charge in [-0.15, -0.1) is 0 Å². The third-order valence-corrected chi connectivity index (χ3v) is 10.5. The highest BCUT2D eigenvalue weighted by Gasteiger charge is 2.20. The minimum absolute atomic E-state index is 0.145. The van der Waals surface area contributed by atoms with Gasteiger partial charge in [0.25, 0.3) is 0 Å². The molecule has 0 fully saturated rings. The van der Waals surface area contributed by atoms with Crippen molar-refractivity contribution in [1.82, 2.24) is 0 Å². The van der Waals surface area contributed by atoms with Crippen molar-refractivity contribution in [3.05, 3.63) is 36.5 Å². The SMILES string of the molecule is CCCCCCC=CCCCCCCC(CC(O)CO)C(=O)O.CCCCCCC=CCCCCCCCC(=O)O.CCCCCCC=CCCCCCCCC(=O)O. The number of aliphatic hydroxyl groups is 2. The van der Waals surface area contributed by atoms with Crippen molar-refractivity contribution in [3.8, 4) is 0 Å². The van der Waals surface area contributed by atoms with Gasteiger partial charge in [0.15, 0.2) is 0 Å². The van der Waals surface area contributed by atoms with Crippen LogP contribution in [0.5, 0.6) is 0 Å². The zero-order valence-corrected chi connectivity index (χ0v) is 38.7. The summed E-state index contributed by atoms with van der Waals surface area (Å²) in [6.07, 6.45) is 52.7. The van der Waals surface area contributed by atoms with Gasteiger partial charge in [0.1, 0.15) is 0 Å². The second-order valence-electron chi connectivity index (χ2n) is 16.5. The van der Waals surface area contributed by atoms with Crippen molar-refractivity contribution in [2.45, 2.75) is 258 Å². The molecule has 5 N–H and O–H groups in total. The summed E-state index contributed by atoms with van der Waals surface area (Å²) in [5, 5.41) is 44.2. The van der Waals surface area contributed by atoms with Crippen molar-refractivity contribution in [3.63, 3.8) is 0 Å². The average Bonchev–Trinajstić information content (AvgIpc) is 3.21. The van der Waals surface area contributed by atoms with Gasteiger partial charge >= 0.3 is 17.9 Å². The van der Waals surface area contributed by atoms with E-state index >= 15 is 0 Å². The van der Waals surface area contributed by atoms with Crippen LogP contribution in [-0.4, -0.2) is 56.2 Å². The number of carboxylic acid groups (broad SMARTS) is 3. The number of hydrogen-bond donors (Lipinski definition) is 5. The van der Waals surface area contributed by atoms with E-state index in [2.05, 4.69) is 57.2 Å². The molecule has 2 unspecified atom stereocenters. The van der Waals surface area contributed by atoms with Crippen LogP contribution < -0.4 is 0 Å². The summed E-state index contributed by atoms with van der Waals surface area (Å²) in [6.45, 7) is 6.34. The third kappa shape index (κ3) is 59.9. The first-order chi connectivity index (χ1) is 28.7. The second kappa shape index (κ2) is 53.6. The fraction of sp³-hybridized carbons (Fsp3) is 0.824. The summed E-state index contributed by atoms with van der Waals surface area (Å²) in [6, 6.07) is 0. The molecular formula is C51H96O8. The quantitative estimate of drug-likeness (QED) is 0.0301. The smallest absolute Gasteiger partial charge is 0.306 e. The molecule has 0 rings (SSSR count). The van der Waals surface area contributed by atoms with E-state index in [0.717, 1.165) is 57.8 Å². The van der Waals surface area contributed by atoms with Crippen LogP contribution in [0.1, 0.15) is 252 Å². The zero-order chi connectivity index (χ0) is 44.3. The van der Waals surface area contributed by atoms with E-state index < -0.39 is 29.9 Å². The van der Waals surface area contributed by atoms with Gasteiger partial charge in [0.2, 0.25) is 0 Å². The Balaban J connectivity index is -0.000000807. The minimum atomic E-state index is -0.918. The molecule has 0 aromatic heterocycles. The van der Waals surface area contributed by atoms with Crippen LogP contribution in [0.2, 0.25) is 0 Å². The van der Waals surface area contributed by atoms with Crippen molar-refractivity contribution < 1.29 is 39.9 Å². The summed E-state index contributed by atoms with van der Waals surface area (Å²) >= 11 is 0. The molecule has 0 radical (unpaired) electrons. The molecule has 0 aliphatic carbocycles. The maximum Gasteiger partial charge on any atom is 0.306 e. The molecule has 2 atom stereocenters.